The van der Waals surface area contributed by atoms with E-state index < -0.39 is 18.4 Å². The second kappa shape index (κ2) is 6.30. The molecule has 0 bridgehead atoms. The molecule has 0 heterocycles. The van der Waals surface area contributed by atoms with E-state index in [9.17, 15) is 8.78 Å². The van der Waals surface area contributed by atoms with Gasteiger partial charge in [0, 0.05) is 19.5 Å². The molecule has 0 saturated carbocycles. The van der Waals surface area contributed by atoms with E-state index in [1.54, 1.807) is 0 Å². The third kappa shape index (κ3) is 5.58. The van der Waals surface area contributed by atoms with Crippen LogP contribution in [0.3, 0.4) is 0 Å². The van der Waals surface area contributed by atoms with Crippen molar-refractivity contribution in [3.05, 3.63) is 35.4 Å². The van der Waals surface area contributed by atoms with Crippen molar-refractivity contribution in [3.8, 4) is 0 Å². The summed E-state index contributed by atoms with van der Waals surface area (Å²) in [5.74, 6) is -0.599. The monoisotopic (exact) mass is 256 g/mol. The van der Waals surface area contributed by atoms with Crippen LogP contribution in [0.2, 0.25) is 0 Å². The van der Waals surface area contributed by atoms with Gasteiger partial charge in [-0.2, -0.15) is 13.8 Å². The number of aliphatic imine (C=N–C) groups is 1. The summed E-state index contributed by atoms with van der Waals surface area (Å²) in [5.41, 5.74) is 12.0. The number of nitrogens with zero attached hydrogens (tertiary/aromatic N) is 1. The van der Waals surface area contributed by atoms with E-state index >= 15 is 0 Å². The average molecular weight is 256 g/mol. The molecule has 6 heteroatoms. The van der Waals surface area contributed by atoms with Crippen LogP contribution in [0.1, 0.15) is 17.5 Å². The highest BCUT2D eigenvalue weighted by atomic mass is 19.3. The van der Waals surface area contributed by atoms with Crippen LogP contribution < -0.4 is 16.8 Å². The molecule has 0 aliphatic carbocycles. The Morgan fingerprint density at radius 3 is 2.44 bits per heavy atom. The number of nitrogens with one attached hydrogen (secondary N) is 1. The minimum absolute atomic E-state index is 0.137. The number of rotatable bonds is 6. The van der Waals surface area contributed by atoms with Gasteiger partial charge in [-0.25, -0.2) is 0 Å². The molecule has 1 aromatic carbocycles. The summed E-state index contributed by atoms with van der Waals surface area (Å²) < 4.78 is 26.1. The van der Waals surface area contributed by atoms with Gasteiger partial charge in [0.1, 0.15) is 0 Å². The number of guanidine groups is 1. The molecule has 0 aromatic heterocycles. The summed E-state index contributed by atoms with van der Waals surface area (Å²) >= 11 is 0. The quantitative estimate of drug-likeness (QED) is 0.311. The van der Waals surface area contributed by atoms with Gasteiger partial charge < -0.3 is 16.8 Å². The fraction of sp³-hybridized carbons (Fsp3) is 0.417. The molecule has 0 spiro atoms. The van der Waals surface area contributed by atoms with Crippen LogP contribution in [-0.4, -0.2) is 18.6 Å². The number of alkyl halides is 2. The molecule has 0 fully saturated rings. The predicted molar refractivity (Wildman–Crippen MR) is 68.3 cm³/mol. The number of aryl methyl sites for hydroxylation is 1. The molecule has 0 atom stereocenters. The lowest BCUT2D eigenvalue weighted by atomic mass is 10.1. The van der Waals surface area contributed by atoms with Crippen molar-refractivity contribution in [3.63, 3.8) is 0 Å². The van der Waals surface area contributed by atoms with E-state index in [1.165, 1.54) is 0 Å². The molecule has 0 unspecified atom stereocenters. The molecule has 1 aromatic rings. The Labute approximate surface area is 105 Å². The van der Waals surface area contributed by atoms with E-state index in [1.807, 2.05) is 31.2 Å². The number of hydrogen-bond donors (Lipinski definition) is 3. The van der Waals surface area contributed by atoms with Gasteiger partial charge in [0.15, 0.2) is 5.96 Å². The van der Waals surface area contributed by atoms with Gasteiger partial charge in [-0.15, -0.1) is 0 Å². The van der Waals surface area contributed by atoms with Gasteiger partial charge in [-0.1, -0.05) is 29.8 Å². The molecule has 1 rings (SSSR count). The molecule has 5 N–H and O–H groups in total. The van der Waals surface area contributed by atoms with E-state index in [-0.39, 0.29) is 6.54 Å². The first kappa shape index (κ1) is 14.4. The van der Waals surface area contributed by atoms with E-state index in [0.29, 0.717) is 6.54 Å². The molecular formula is C12H18F2N4. The van der Waals surface area contributed by atoms with E-state index in [4.69, 9.17) is 11.5 Å². The van der Waals surface area contributed by atoms with Gasteiger partial charge in [0.25, 0.3) is 0 Å². The largest absolute Gasteiger partial charge is 0.370 e. The lowest BCUT2D eigenvalue weighted by Gasteiger charge is -2.12. The van der Waals surface area contributed by atoms with Crippen LogP contribution in [0.15, 0.2) is 29.3 Å². The van der Waals surface area contributed by atoms with Gasteiger partial charge >= 0.3 is 6.05 Å². The Bertz CT molecular complexity index is 397. The van der Waals surface area contributed by atoms with Crippen LogP contribution in [0.5, 0.6) is 0 Å². The van der Waals surface area contributed by atoms with E-state index in [2.05, 4.69) is 10.3 Å². The average Bonchev–Trinajstić information content (AvgIpc) is 2.25. The van der Waals surface area contributed by atoms with E-state index in [0.717, 1.165) is 11.1 Å². The first-order valence-corrected chi connectivity index (χ1v) is 5.64. The summed E-state index contributed by atoms with van der Waals surface area (Å²) in [5, 5.41) is 2.92. The Kier molecular flexibility index (Phi) is 5.03. The normalized spacial score (nSPS) is 11.3. The Balaban J connectivity index is 2.30. The Morgan fingerprint density at radius 2 is 1.89 bits per heavy atom. The maximum absolute atomic E-state index is 13.1. The minimum Gasteiger partial charge on any atom is -0.370 e. The van der Waals surface area contributed by atoms with Crippen molar-refractivity contribution >= 4 is 5.96 Å². The fourth-order valence-corrected chi connectivity index (χ4v) is 1.42. The Hall–Kier alpha value is -1.69. The van der Waals surface area contributed by atoms with Crippen molar-refractivity contribution in [1.29, 1.82) is 0 Å². The van der Waals surface area contributed by atoms with Crippen LogP contribution in [0.4, 0.5) is 8.78 Å². The summed E-state index contributed by atoms with van der Waals surface area (Å²) in [4.78, 5) is 2.86. The standard InChI is InChI=1S/C12H18F2N4/c1-9-2-4-10(5-3-9)8-17-7-6-12(13,14)18-11(15)16/h2-5,17H,6-8H2,1H3,(H4,15,16,18). The third-order valence-corrected chi connectivity index (χ3v) is 2.34. The summed E-state index contributed by atoms with van der Waals surface area (Å²) in [6.07, 6.45) is -0.434. The highest BCUT2D eigenvalue weighted by Crippen LogP contribution is 2.18. The molecule has 4 nitrogen and oxygen atoms in total. The van der Waals surface area contributed by atoms with Crippen molar-refractivity contribution in [2.75, 3.05) is 6.54 Å². The van der Waals surface area contributed by atoms with Gasteiger partial charge in [0.2, 0.25) is 0 Å². The second-order valence-corrected chi connectivity index (χ2v) is 4.11. The Morgan fingerprint density at radius 1 is 1.28 bits per heavy atom. The summed E-state index contributed by atoms with van der Waals surface area (Å²) in [7, 11) is 0. The van der Waals surface area contributed by atoms with Gasteiger partial charge in [-0.05, 0) is 12.5 Å². The van der Waals surface area contributed by atoms with Gasteiger partial charge in [-0.3, -0.25) is 0 Å². The van der Waals surface area contributed by atoms with Gasteiger partial charge in [0.05, 0.1) is 0 Å². The first-order valence-electron chi connectivity index (χ1n) is 5.64. The molecule has 0 radical (unpaired) electrons. The molecule has 18 heavy (non-hydrogen) atoms. The molecule has 0 saturated heterocycles. The maximum atomic E-state index is 13.1. The molecule has 0 aliphatic heterocycles. The lowest BCUT2D eigenvalue weighted by molar-refractivity contribution is 0.00250. The molecule has 0 aliphatic rings. The summed E-state index contributed by atoms with van der Waals surface area (Å²) in [6, 6.07) is 4.65. The van der Waals surface area contributed by atoms with Crippen LogP contribution in [-0.2, 0) is 6.54 Å². The maximum Gasteiger partial charge on any atom is 0.346 e. The van der Waals surface area contributed by atoms with Crippen LogP contribution in [0, 0.1) is 6.92 Å². The molecule has 100 valence electrons. The summed E-state index contributed by atoms with van der Waals surface area (Å²) in [6.45, 7) is 2.67. The zero-order valence-electron chi connectivity index (χ0n) is 10.3. The molecular weight excluding hydrogens is 238 g/mol. The van der Waals surface area contributed by atoms with Crippen molar-refractivity contribution in [2.24, 2.45) is 16.5 Å². The topological polar surface area (TPSA) is 76.4 Å². The zero-order chi connectivity index (χ0) is 13.6. The van der Waals surface area contributed by atoms with Crippen molar-refractivity contribution in [1.82, 2.24) is 5.32 Å². The number of nitrogens with two attached hydrogens (primary N) is 2. The third-order valence-electron chi connectivity index (χ3n) is 2.34. The smallest absolute Gasteiger partial charge is 0.346 e. The predicted octanol–water partition coefficient (Wildman–Crippen LogP) is 1.34. The fourth-order valence-electron chi connectivity index (χ4n) is 1.42. The highest BCUT2D eigenvalue weighted by molar-refractivity contribution is 5.75. The first-order chi connectivity index (χ1) is 8.39. The SMILES string of the molecule is Cc1ccc(CNCCC(F)(F)N=C(N)N)cc1. The molecule has 0 amide bonds. The lowest BCUT2D eigenvalue weighted by Crippen LogP contribution is -2.30. The van der Waals surface area contributed by atoms with Crippen LogP contribution in [0.25, 0.3) is 0 Å². The number of benzene rings is 1. The zero-order valence-corrected chi connectivity index (χ0v) is 10.3. The van der Waals surface area contributed by atoms with Crippen molar-refractivity contribution in [2.45, 2.75) is 25.9 Å². The van der Waals surface area contributed by atoms with Crippen LogP contribution >= 0.6 is 0 Å². The number of hydrogen-bond acceptors (Lipinski definition) is 2. The number of halogens is 2. The second-order valence-electron chi connectivity index (χ2n) is 4.11. The highest BCUT2D eigenvalue weighted by Gasteiger charge is 2.26. The van der Waals surface area contributed by atoms with Crippen molar-refractivity contribution < 1.29 is 8.78 Å². The minimum atomic E-state index is -3.21.